The highest BCUT2D eigenvalue weighted by atomic mass is 16.5. The third-order valence-electron chi connectivity index (χ3n) is 4.29. The molecule has 2 N–H and O–H groups in total. The predicted octanol–water partition coefficient (Wildman–Crippen LogP) is 3.02. The Morgan fingerprint density at radius 2 is 1.69 bits per heavy atom. The Morgan fingerprint density at radius 3 is 2.38 bits per heavy atom. The number of nitrogens with zero attached hydrogens (tertiary/aromatic N) is 2. The highest BCUT2D eigenvalue weighted by molar-refractivity contribution is 6.06. The molecule has 29 heavy (non-hydrogen) atoms. The SMILES string of the molecule is COC(=O)c1cc(NC(=O)c2cc(NC(=O)c3ccccc3)n(C)n2)ccc1C. The molecular formula is C21H20N4O4. The van der Waals surface area contributed by atoms with Crippen LogP contribution in [-0.2, 0) is 11.8 Å². The zero-order valence-electron chi connectivity index (χ0n) is 16.2. The van der Waals surface area contributed by atoms with Crippen LogP contribution in [-0.4, -0.2) is 34.7 Å². The van der Waals surface area contributed by atoms with Gasteiger partial charge < -0.3 is 15.4 Å². The lowest BCUT2D eigenvalue weighted by Crippen LogP contribution is -2.14. The molecule has 0 saturated heterocycles. The molecule has 8 heteroatoms. The maximum atomic E-state index is 12.6. The molecule has 0 aliphatic rings. The summed E-state index contributed by atoms with van der Waals surface area (Å²) in [5.74, 6) is -0.882. The van der Waals surface area contributed by atoms with Crippen LogP contribution in [0.5, 0.6) is 0 Å². The monoisotopic (exact) mass is 392 g/mol. The number of rotatable bonds is 5. The van der Waals surface area contributed by atoms with E-state index in [1.807, 2.05) is 6.07 Å². The number of anilines is 2. The second-order valence-corrected chi connectivity index (χ2v) is 6.33. The Labute approximate surface area is 167 Å². The molecule has 0 fully saturated rings. The number of aryl methyl sites for hydroxylation is 2. The van der Waals surface area contributed by atoms with E-state index in [1.165, 1.54) is 17.9 Å². The van der Waals surface area contributed by atoms with E-state index < -0.39 is 11.9 Å². The molecule has 148 valence electrons. The van der Waals surface area contributed by atoms with Crippen LogP contribution in [0.15, 0.2) is 54.6 Å². The predicted molar refractivity (Wildman–Crippen MR) is 108 cm³/mol. The summed E-state index contributed by atoms with van der Waals surface area (Å²) < 4.78 is 6.15. The van der Waals surface area contributed by atoms with Crippen molar-refractivity contribution in [2.75, 3.05) is 17.7 Å². The van der Waals surface area contributed by atoms with Gasteiger partial charge in [0.25, 0.3) is 11.8 Å². The molecule has 0 unspecified atom stereocenters. The van der Waals surface area contributed by atoms with Gasteiger partial charge in [0.05, 0.1) is 12.7 Å². The molecule has 2 amide bonds. The summed E-state index contributed by atoms with van der Waals surface area (Å²) in [4.78, 5) is 36.7. The fraction of sp³-hybridized carbons (Fsp3) is 0.143. The molecular weight excluding hydrogens is 372 g/mol. The van der Waals surface area contributed by atoms with Gasteiger partial charge in [-0.25, -0.2) is 4.79 Å². The quantitative estimate of drug-likeness (QED) is 0.650. The van der Waals surface area contributed by atoms with Crippen molar-refractivity contribution < 1.29 is 19.1 Å². The Hall–Kier alpha value is -3.94. The molecule has 0 atom stereocenters. The molecule has 0 saturated carbocycles. The Morgan fingerprint density at radius 1 is 0.966 bits per heavy atom. The minimum atomic E-state index is -0.484. The number of hydrogen-bond acceptors (Lipinski definition) is 5. The number of benzene rings is 2. The highest BCUT2D eigenvalue weighted by Crippen LogP contribution is 2.18. The summed E-state index contributed by atoms with van der Waals surface area (Å²) >= 11 is 0. The van der Waals surface area contributed by atoms with Gasteiger partial charge in [0, 0.05) is 24.4 Å². The molecule has 0 aliphatic heterocycles. The van der Waals surface area contributed by atoms with Crippen molar-refractivity contribution in [3.63, 3.8) is 0 Å². The number of amides is 2. The van der Waals surface area contributed by atoms with Gasteiger partial charge in [0.2, 0.25) is 0 Å². The van der Waals surface area contributed by atoms with Crippen molar-refractivity contribution in [3.05, 3.63) is 77.0 Å². The summed E-state index contributed by atoms with van der Waals surface area (Å²) in [6.07, 6.45) is 0. The van der Waals surface area contributed by atoms with Crippen LogP contribution < -0.4 is 10.6 Å². The average Bonchev–Trinajstić information content (AvgIpc) is 3.10. The van der Waals surface area contributed by atoms with Crippen LogP contribution in [0, 0.1) is 6.92 Å². The maximum Gasteiger partial charge on any atom is 0.338 e. The van der Waals surface area contributed by atoms with Gasteiger partial charge in [-0.2, -0.15) is 5.10 Å². The number of esters is 1. The number of hydrogen-bond donors (Lipinski definition) is 2. The van der Waals surface area contributed by atoms with Crippen molar-refractivity contribution in [3.8, 4) is 0 Å². The fourth-order valence-corrected chi connectivity index (χ4v) is 2.70. The number of ether oxygens (including phenoxy) is 1. The lowest BCUT2D eigenvalue weighted by Gasteiger charge is -2.08. The maximum absolute atomic E-state index is 12.6. The summed E-state index contributed by atoms with van der Waals surface area (Å²) in [5, 5.41) is 9.56. The van der Waals surface area contributed by atoms with Crippen molar-refractivity contribution in [2.45, 2.75) is 6.92 Å². The van der Waals surface area contributed by atoms with Crippen LogP contribution in [0.25, 0.3) is 0 Å². The smallest absolute Gasteiger partial charge is 0.338 e. The molecule has 0 spiro atoms. The van der Waals surface area contributed by atoms with E-state index >= 15 is 0 Å². The molecule has 1 aromatic heterocycles. The van der Waals surface area contributed by atoms with Crippen LogP contribution in [0.4, 0.5) is 11.5 Å². The summed E-state index contributed by atoms with van der Waals surface area (Å²) in [5.41, 5.74) is 2.15. The van der Waals surface area contributed by atoms with Gasteiger partial charge in [-0.3, -0.25) is 14.3 Å². The van der Waals surface area contributed by atoms with Crippen molar-refractivity contribution in [1.29, 1.82) is 0 Å². The second kappa shape index (κ2) is 8.39. The standard InChI is InChI=1S/C21H20N4O4/c1-13-9-10-15(11-16(13)21(28)29-3)22-20(27)17-12-18(25(2)24-17)23-19(26)14-7-5-4-6-8-14/h4-12H,1-3H3,(H,22,27)(H,23,26). The first-order valence-electron chi connectivity index (χ1n) is 8.80. The highest BCUT2D eigenvalue weighted by Gasteiger charge is 2.17. The van der Waals surface area contributed by atoms with E-state index in [-0.39, 0.29) is 11.6 Å². The summed E-state index contributed by atoms with van der Waals surface area (Å²) in [6, 6.07) is 15.1. The normalized spacial score (nSPS) is 10.3. The molecule has 0 aliphatic carbocycles. The first-order valence-corrected chi connectivity index (χ1v) is 8.80. The second-order valence-electron chi connectivity index (χ2n) is 6.33. The van der Waals surface area contributed by atoms with E-state index in [2.05, 4.69) is 15.7 Å². The topological polar surface area (TPSA) is 102 Å². The number of nitrogens with one attached hydrogen (secondary N) is 2. The van der Waals surface area contributed by atoms with E-state index in [0.29, 0.717) is 22.6 Å². The lowest BCUT2D eigenvalue weighted by atomic mass is 10.1. The Bertz CT molecular complexity index is 1070. The molecule has 1 heterocycles. The van der Waals surface area contributed by atoms with Crippen molar-refractivity contribution in [2.24, 2.45) is 7.05 Å². The molecule has 3 aromatic rings. The van der Waals surface area contributed by atoms with E-state index in [1.54, 1.807) is 56.4 Å². The van der Waals surface area contributed by atoms with Gasteiger partial charge in [0.1, 0.15) is 5.82 Å². The minimum Gasteiger partial charge on any atom is -0.465 e. The van der Waals surface area contributed by atoms with Crippen molar-refractivity contribution in [1.82, 2.24) is 9.78 Å². The average molecular weight is 392 g/mol. The van der Waals surface area contributed by atoms with E-state index in [4.69, 9.17) is 4.74 Å². The van der Waals surface area contributed by atoms with Crippen molar-refractivity contribution >= 4 is 29.3 Å². The third kappa shape index (κ3) is 4.49. The van der Waals surface area contributed by atoms with Gasteiger partial charge in [-0.15, -0.1) is 0 Å². The number of methoxy groups -OCH3 is 1. The number of carbonyl (C=O) groups excluding carboxylic acids is 3. The molecule has 3 rings (SSSR count). The summed E-state index contributed by atoms with van der Waals surface area (Å²) in [6.45, 7) is 1.78. The van der Waals surface area contributed by atoms with Crippen LogP contribution in [0.1, 0.15) is 36.8 Å². The van der Waals surface area contributed by atoms with Gasteiger partial charge >= 0.3 is 5.97 Å². The molecule has 0 radical (unpaired) electrons. The molecule has 8 nitrogen and oxygen atoms in total. The van der Waals surface area contributed by atoms with Crippen LogP contribution in [0.2, 0.25) is 0 Å². The van der Waals surface area contributed by atoms with Gasteiger partial charge in [-0.1, -0.05) is 24.3 Å². The van der Waals surface area contributed by atoms with E-state index in [9.17, 15) is 14.4 Å². The fourth-order valence-electron chi connectivity index (χ4n) is 2.70. The number of carbonyl (C=O) groups is 3. The van der Waals surface area contributed by atoms with Crippen LogP contribution >= 0.6 is 0 Å². The summed E-state index contributed by atoms with van der Waals surface area (Å²) in [7, 11) is 2.92. The van der Waals surface area contributed by atoms with Crippen LogP contribution in [0.3, 0.4) is 0 Å². The zero-order valence-corrected chi connectivity index (χ0v) is 16.2. The van der Waals surface area contributed by atoms with Gasteiger partial charge in [0.15, 0.2) is 5.69 Å². The lowest BCUT2D eigenvalue weighted by molar-refractivity contribution is 0.0599. The first kappa shape index (κ1) is 19.8. The molecule has 0 bridgehead atoms. The molecule has 2 aromatic carbocycles. The minimum absolute atomic E-state index is 0.121. The zero-order chi connectivity index (χ0) is 21.0. The van der Waals surface area contributed by atoms with Gasteiger partial charge in [-0.05, 0) is 36.8 Å². The third-order valence-corrected chi connectivity index (χ3v) is 4.29. The van der Waals surface area contributed by atoms with E-state index in [0.717, 1.165) is 5.56 Å². The largest absolute Gasteiger partial charge is 0.465 e. The Balaban J connectivity index is 1.75. The first-order chi connectivity index (χ1) is 13.9. The Kier molecular flexibility index (Phi) is 5.73. The number of aromatic nitrogens is 2.